The van der Waals surface area contributed by atoms with Gasteiger partial charge in [-0.3, -0.25) is 9.59 Å². The number of H-pyrrole nitrogens is 1. The van der Waals surface area contributed by atoms with E-state index in [2.05, 4.69) is 15.6 Å². The maximum Gasteiger partial charge on any atom is 0.242 e. The lowest BCUT2D eigenvalue weighted by molar-refractivity contribution is -0.132. The fourth-order valence-electron chi connectivity index (χ4n) is 4.19. The molecule has 0 bridgehead atoms. The molecule has 2 aromatic carbocycles. The average Bonchev–Trinajstić information content (AvgIpc) is 3.06. The molecule has 1 aliphatic carbocycles. The van der Waals surface area contributed by atoms with E-state index in [1.54, 1.807) is 19.1 Å². The minimum Gasteiger partial charge on any atom is -0.357 e. The lowest BCUT2D eigenvalue weighted by atomic mass is 9.69. The zero-order valence-corrected chi connectivity index (χ0v) is 17.1. The molecule has 2 amide bonds. The van der Waals surface area contributed by atoms with E-state index < -0.39 is 23.5 Å². The summed E-state index contributed by atoms with van der Waals surface area (Å²) in [6.45, 7) is 1.60. The van der Waals surface area contributed by atoms with E-state index in [9.17, 15) is 22.8 Å². The molecule has 162 valence electrons. The highest BCUT2D eigenvalue weighted by atomic mass is 19.1. The van der Waals surface area contributed by atoms with Crippen molar-refractivity contribution in [1.29, 1.82) is 0 Å². The van der Waals surface area contributed by atoms with Crippen LogP contribution in [0.5, 0.6) is 0 Å². The predicted octanol–water partition coefficient (Wildman–Crippen LogP) is 4.00. The Morgan fingerprint density at radius 1 is 1.06 bits per heavy atom. The Balaban J connectivity index is 1.65. The number of hydrogen-bond donors (Lipinski definition) is 3. The number of nitrogens with one attached hydrogen (secondary N) is 3. The number of rotatable bonds is 5. The summed E-state index contributed by atoms with van der Waals surface area (Å²) in [6, 6.07) is 7.20. The summed E-state index contributed by atoms with van der Waals surface area (Å²) in [6.07, 6.45) is 0.956. The molecule has 5 nitrogen and oxygen atoms in total. The molecule has 1 aromatic heterocycles. The number of amides is 2. The molecule has 4 rings (SSSR count). The smallest absolute Gasteiger partial charge is 0.242 e. The van der Waals surface area contributed by atoms with Crippen molar-refractivity contribution in [2.45, 2.75) is 31.7 Å². The van der Waals surface area contributed by atoms with Crippen molar-refractivity contribution in [1.82, 2.24) is 15.6 Å². The van der Waals surface area contributed by atoms with Gasteiger partial charge in [-0.1, -0.05) is 0 Å². The van der Waals surface area contributed by atoms with Crippen LogP contribution in [0.1, 0.15) is 31.2 Å². The van der Waals surface area contributed by atoms with Crippen molar-refractivity contribution in [2.75, 3.05) is 7.05 Å². The highest BCUT2D eigenvalue weighted by molar-refractivity contribution is 5.93. The van der Waals surface area contributed by atoms with Crippen LogP contribution in [0.3, 0.4) is 0 Å². The van der Waals surface area contributed by atoms with Crippen LogP contribution < -0.4 is 10.6 Å². The minimum absolute atomic E-state index is 0.110. The highest BCUT2D eigenvalue weighted by Crippen LogP contribution is 2.48. The van der Waals surface area contributed by atoms with E-state index in [0.717, 1.165) is 6.07 Å². The van der Waals surface area contributed by atoms with Gasteiger partial charge in [-0.15, -0.1) is 0 Å². The highest BCUT2D eigenvalue weighted by Gasteiger charge is 2.39. The number of carbonyl (C=O) groups is 2. The number of benzene rings is 2. The van der Waals surface area contributed by atoms with Gasteiger partial charge in [-0.2, -0.15) is 0 Å². The molecule has 1 fully saturated rings. The molecule has 3 aromatic rings. The Kier molecular flexibility index (Phi) is 5.47. The third-order valence-electron chi connectivity index (χ3n) is 5.91. The first kappa shape index (κ1) is 21.0. The quantitative estimate of drug-likeness (QED) is 0.574. The first-order valence-corrected chi connectivity index (χ1v) is 10.1. The largest absolute Gasteiger partial charge is 0.357 e. The number of likely N-dealkylation sites (N-methyl/N-ethyl adjacent to an activating group) is 1. The summed E-state index contributed by atoms with van der Waals surface area (Å²) in [4.78, 5) is 27.1. The van der Waals surface area contributed by atoms with Crippen LogP contribution in [0.2, 0.25) is 0 Å². The van der Waals surface area contributed by atoms with Gasteiger partial charge in [0.25, 0.3) is 0 Å². The van der Waals surface area contributed by atoms with Crippen molar-refractivity contribution >= 4 is 22.7 Å². The second-order valence-electron chi connectivity index (χ2n) is 7.94. The molecule has 0 aliphatic heterocycles. The molecule has 1 saturated carbocycles. The first-order chi connectivity index (χ1) is 14.8. The normalized spacial score (nSPS) is 19.0. The molecule has 3 N–H and O–H groups in total. The minimum atomic E-state index is -0.711. The van der Waals surface area contributed by atoms with Gasteiger partial charge >= 0.3 is 0 Å². The van der Waals surface area contributed by atoms with Crippen LogP contribution in [-0.2, 0) is 9.59 Å². The van der Waals surface area contributed by atoms with Gasteiger partial charge in [0.1, 0.15) is 23.5 Å². The molecule has 1 aliphatic rings. The summed E-state index contributed by atoms with van der Waals surface area (Å²) in [7, 11) is 1.50. The first-order valence-electron chi connectivity index (χ1n) is 10.1. The summed E-state index contributed by atoms with van der Waals surface area (Å²) in [5.74, 6) is -2.73. The number of fused-ring (bicyclic) bond motifs is 1. The third kappa shape index (κ3) is 3.89. The van der Waals surface area contributed by atoms with E-state index in [1.807, 2.05) is 0 Å². The monoisotopic (exact) mass is 429 g/mol. The van der Waals surface area contributed by atoms with Gasteiger partial charge in [0.15, 0.2) is 0 Å². The molecule has 31 heavy (non-hydrogen) atoms. The Morgan fingerprint density at radius 2 is 1.74 bits per heavy atom. The van der Waals surface area contributed by atoms with Gasteiger partial charge in [0, 0.05) is 24.4 Å². The lowest BCUT2D eigenvalue weighted by Gasteiger charge is -2.35. The van der Waals surface area contributed by atoms with Crippen LogP contribution >= 0.6 is 0 Å². The average molecular weight is 429 g/mol. The summed E-state index contributed by atoms with van der Waals surface area (Å²) in [5.41, 5.74) is 2.12. The van der Waals surface area contributed by atoms with E-state index in [1.165, 1.54) is 25.2 Å². The summed E-state index contributed by atoms with van der Waals surface area (Å²) in [5, 5.41) is 5.58. The number of aromatic nitrogens is 1. The van der Waals surface area contributed by atoms with Crippen molar-refractivity contribution in [3.05, 3.63) is 59.4 Å². The molecule has 0 saturated heterocycles. The standard InChI is InChI=1S/C23H22F3N3O2/c1-11(22(30)27-2)28-23(31)14-7-13(8-14)19-17-9-16(25)10-18(26)21(17)29-20(19)12-3-5-15(24)6-4-12/h3-6,9-11,13-14,29H,7-8H2,1-2H3,(H,27,30)(H,28,31). The summed E-state index contributed by atoms with van der Waals surface area (Å²) >= 11 is 0. The van der Waals surface area contributed by atoms with Crippen LogP contribution in [0.25, 0.3) is 22.2 Å². The fraction of sp³-hybridized carbons (Fsp3) is 0.304. The van der Waals surface area contributed by atoms with Crippen molar-refractivity contribution in [3.8, 4) is 11.3 Å². The predicted molar refractivity (Wildman–Crippen MR) is 111 cm³/mol. The van der Waals surface area contributed by atoms with Gasteiger partial charge in [0.2, 0.25) is 11.8 Å². The molecular formula is C23H22F3N3O2. The van der Waals surface area contributed by atoms with Gasteiger partial charge in [0.05, 0.1) is 11.2 Å². The molecule has 8 heteroatoms. The maximum atomic E-state index is 14.4. The topological polar surface area (TPSA) is 74.0 Å². The molecule has 0 radical (unpaired) electrons. The second kappa shape index (κ2) is 8.09. The van der Waals surface area contributed by atoms with Crippen molar-refractivity contribution in [2.24, 2.45) is 5.92 Å². The van der Waals surface area contributed by atoms with Crippen molar-refractivity contribution in [3.63, 3.8) is 0 Å². The number of hydrogen-bond acceptors (Lipinski definition) is 2. The van der Waals surface area contributed by atoms with Gasteiger partial charge in [-0.25, -0.2) is 13.2 Å². The van der Waals surface area contributed by atoms with Crippen LogP contribution in [-0.4, -0.2) is 29.9 Å². The van der Waals surface area contributed by atoms with Gasteiger partial charge in [-0.05, 0) is 67.1 Å². The Hall–Kier alpha value is -3.29. The van der Waals surface area contributed by atoms with E-state index in [4.69, 9.17) is 0 Å². The molecule has 0 spiro atoms. The summed E-state index contributed by atoms with van der Waals surface area (Å²) < 4.78 is 41.8. The number of halogens is 3. The molecule has 1 atom stereocenters. The zero-order chi connectivity index (χ0) is 22.3. The molecule has 1 heterocycles. The van der Waals surface area contributed by atoms with Crippen LogP contribution in [0.15, 0.2) is 36.4 Å². The van der Waals surface area contributed by atoms with E-state index >= 15 is 0 Å². The fourth-order valence-corrected chi connectivity index (χ4v) is 4.19. The van der Waals surface area contributed by atoms with E-state index in [0.29, 0.717) is 35.0 Å². The van der Waals surface area contributed by atoms with Crippen molar-refractivity contribution < 1.29 is 22.8 Å². The number of carbonyl (C=O) groups excluding carboxylic acids is 2. The SMILES string of the molecule is CNC(=O)C(C)NC(=O)C1CC(c2c(-c3ccc(F)cc3)[nH]c3c(F)cc(F)cc23)C1. The number of aromatic amines is 1. The second-order valence-corrected chi connectivity index (χ2v) is 7.94. The van der Waals surface area contributed by atoms with Crippen LogP contribution in [0, 0.1) is 23.4 Å². The Labute approximate surface area is 177 Å². The zero-order valence-electron chi connectivity index (χ0n) is 17.1. The Morgan fingerprint density at radius 3 is 2.39 bits per heavy atom. The molecule has 1 unspecified atom stereocenters. The van der Waals surface area contributed by atoms with E-state index in [-0.39, 0.29) is 29.2 Å². The third-order valence-corrected chi connectivity index (χ3v) is 5.91. The maximum absolute atomic E-state index is 14.4. The van der Waals surface area contributed by atoms with Crippen LogP contribution in [0.4, 0.5) is 13.2 Å². The Bertz CT molecular complexity index is 1150. The van der Waals surface area contributed by atoms with Gasteiger partial charge < -0.3 is 15.6 Å². The molecular weight excluding hydrogens is 407 g/mol. The lowest BCUT2D eigenvalue weighted by Crippen LogP contribution is -2.47.